The summed E-state index contributed by atoms with van der Waals surface area (Å²) in [5.41, 5.74) is 2.08. The monoisotopic (exact) mass is 288 g/mol. The van der Waals surface area contributed by atoms with E-state index in [1.807, 2.05) is 25.1 Å². The molecule has 3 aromatic rings. The van der Waals surface area contributed by atoms with Crippen LogP contribution in [0.25, 0.3) is 10.9 Å². The Morgan fingerprint density at radius 3 is 2.85 bits per heavy atom. The Balaban J connectivity index is 1.93. The van der Waals surface area contributed by atoms with Crippen molar-refractivity contribution in [1.82, 2.24) is 14.8 Å². The Kier molecular flexibility index (Phi) is 2.99. The zero-order valence-electron chi connectivity index (χ0n) is 11.1. The first-order chi connectivity index (χ1) is 9.54. The highest BCUT2D eigenvalue weighted by molar-refractivity contribution is 6.35. The summed E-state index contributed by atoms with van der Waals surface area (Å²) in [6.07, 6.45) is 0. The fraction of sp³-hybridized carbons (Fsp3) is 0.143. The Labute approximate surface area is 120 Å². The van der Waals surface area contributed by atoms with Crippen molar-refractivity contribution in [2.75, 3.05) is 5.32 Å². The molecule has 0 atom stereocenters. The molecule has 0 unspecified atom stereocenters. The molecule has 6 heteroatoms. The second-order valence-electron chi connectivity index (χ2n) is 4.64. The Hall–Kier alpha value is -2.27. The van der Waals surface area contributed by atoms with E-state index in [0.717, 1.165) is 16.6 Å². The molecule has 0 saturated carbocycles. The lowest BCUT2D eigenvalue weighted by Crippen LogP contribution is -2.14. The van der Waals surface area contributed by atoms with Crippen LogP contribution < -0.4 is 5.32 Å². The number of fused-ring (bicyclic) bond motifs is 1. The van der Waals surface area contributed by atoms with Crippen molar-refractivity contribution in [3.05, 3.63) is 46.7 Å². The number of nitrogens with one attached hydrogen (secondary N) is 2. The van der Waals surface area contributed by atoms with E-state index < -0.39 is 0 Å². The SMILES string of the molecule is Cc1cc(NC(=O)c2cc3cccc(Cl)c3[nH]2)n(C)n1. The van der Waals surface area contributed by atoms with Gasteiger partial charge < -0.3 is 10.3 Å². The molecule has 0 aliphatic carbocycles. The second kappa shape index (κ2) is 4.68. The smallest absolute Gasteiger partial charge is 0.273 e. The molecule has 2 N–H and O–H groups in total. The average Bonchev–Trinajstić information content (AvgIpc) is 2.94. The molecule has 1 amide bonds. The number of aromatic nitrogens is 3. The van der Waals surface area contributed by atoms with Crippen molar-refractivity contribution < 1.29 is 4.79 Å². The van der Waals surface area contributed by atoms with Crippen LogP contribution in [0.3, 0.4) is 0 Å². The van der Waals surface area contributed by atoms with Crippen LogP contribution in [0.2, 0.25) is 5.02 Å². The summed E-state index contributed by atoms with van der Waals surface area (Å²) in [5, 5.41) is 8.50. The van der Waals surface area contributed by atoms with E-state index >= 15 is 0 Å². The largest absolute Gasteiger partial charge is 0.349 e. The number of carbonyl (C=O) groups excluding carboxylic acids is 1. The van der Waals surface area contributed by atoms with Gasteiger partial charge in [-0.25, -0.2) is 0 Å². The van der Waals surface area contributed by atoms with Crippen molar-refractivity contribution in [2.45, 2.75) is 6.92 Å². The van der Waals surface area contributed by atoms with Crippen LogP contribution in [0.1, 0.15) is 16.2 Å². The number of benzene rings is 1. The van der Waals surface area contributed by atoms with Crippen molar-refractivity contribution in [3.8, 4) is 0 Å². The summed E-state index contributed by atoms with van der Waals surface area (Å²) >= 11 is 6.09. The number of rotatable bonds is 2. The van der Waals surface area contributed by atoms with Gasteiger partial charge in [-0.2, -0.15) is 5.10 Å². The number of anilines is 1. The fourth-order valence-corrected chi connectivity index (χ4v) is 2.38. The maximum absolute atomic E-state index is 12.2. The third-order valence-corrected chi connectivity index (χ3v) is 3.41. The molecular formula is C14H13ClN4O. The van der Waals surface area contributed by atoms with Gasteiger partial charge in [0.15, 0.2) is 0 Å². The number of aryl methyl sites for hydroxylation is 2. The number of para-hydroxylation sites is 1. The number of amides is 1. The van der Waals surface area contributed by atoms with Crippen LogP contribution >= 0.6 is 11.6 Å². The molecule has 20 heavy (non-hydrogen) atoms. The lowest BCUT2D eigenvalue weighted by molar-refractivity contribution is 0.102. The lowest BCUT2D eigenvalue weighted by Gasteiger charge is -2.03. The van der Waals surface area contributed by atoms with Crippen molar-refractivity contribution in [3.63, 3.8) is 0 Å². The first kappa shape index (κ1) is 12.7. The average molecular weight is 289 g/mol. The lowest BCUT2D eigenvalue weighted by atomic mass is 10.2. The van der Waals surface area contributed by atoms with E-state index in [-0.39, 0.29) is 5.91 Å². The van der Waals surface area contributed by atoms with Crippen LogP contribution in [-0.2, 0) is 7.05 Å². The topological polar surface area (TPSA) is 62.7 Å². The van der Waals surface area contributed by atoms with Gasteiger partial charge in [0.05, 0.1) is 16.2 Å². The van der Waals surface area contributed by atoms with E-state index in [0.29, 0.717) is 16.5 Å². The zero-order chi connectivity index (χ0) is 14.3. The van der Waals surface area contributed by atoms with Crippen LogP contribution in [0.15, 0.2) is 30.3 Å². The van der Waals surface area contributed by atoms with E-state index in [2.05, 4.69) is 15.4 Å². The third kappa shape index (κ3) is 2.16. The first-order valence-corrected chi connectivity index (χ1v) is 6.51. The van der Waals surface area contributed by atoms with Gasteiger partial charge >= 0.3 is 0 Å². The summed E-state index contributed by atoms with van der Waals surface area (Å²) in [7, 11) is 1.78. The molecule has 0 saturated heterocycles. The minimum atomic E-state index is -0.222. The number of carbonyl (C=O) groups is 1. The van der Waals surface area contributed by atoms with Gasteiger partial charge in [-0.3, -0.25) is 9.48 Å². The molecule has 5 nitrogen and oxygen atoms in total. The Morgan fingerprint density at radius 1 is 1.40 bits per heavy atom. The Morgan fingerprint density at radius 2 is 2.20 bits per heavy atom. The van der Waals surface area contributed by atoms with Crippen LogP contribution in [-0.4, -0.2) is 20.7 Å². The maximum atomic E-state index is 12.2. The van der Waals surface area contributed by atoms with Gasteiger partial charge in [-0.05, 0) is 19.1 Å². The molecular weight excluding hydrogens is 276 g/mol. The van der Waals surface area contributed by atoms with Gasteiger partial charge in [0.2, 0.25) is 0 Å². The molecule has 0 bridgehead atoms. The summed E-state index contributed by atoms with van der Waals surface area (Å²) in [5.74, 6) is 0.428. The summed E-state index contributed by atoms with van der Waals surface area (Å²) < 4.78 is 1.63. The normalized spacial score (nSPS) is 10.9. The minimum Gasteiger partial charge on any atom is -0.349 e. The number of halogens is 1. The highest BCUT2D eigenvalue weighted by Gasteiger charge is 2.13. The van der Waals surface area contributed by atoms with E-state index in [4.69, 9.17) is 11.6 Å². The van der Waals surface area contributed by atoms with E-state index in [1.54, 1.807) is 23.9 Å². The number of nitrogens with zero attached hydrogens (tertiary/aromatic N) is 2. The van der Waals surface area contributed by atoms with Gasteiger partial charge in [-0.15, -0.1) is 0 Å². The van der Waals surface area contributed by atoms with E-state index in [1.165, 1.54) is 0 Å². The molecule has 0 fully saturated rings. The highest BCUT2D eigenvalue weighted by Crippen LogP contribution is 2.23. The molecule has 1 aromatic carbocycles. The molecule has 2 heterocycles. The van der Waals surface area contributed by atoms with Crippen LogP contribution in [0.4, 0.5) is 5.82 Å². The first-order valence-electron chi connectivity index (χ1n) is 6.14. The standard InChI is InChI=1S/C14H13ClN4O/c1-8-6-12(19(2)18-8)17-14(20)11-7-9-4-3-5-10(15)13(9)16-11/h3-7,16H,1-2H3,(H,17,20). The molecule has 0 aliphatic rings. The van der Waals surface area contributed by atoms with Gasteiger partial charge in [0.1, 0.15) is 11.5 Å². The van der Waals surface area contributed by atoms with Crippen molar-refractivity contribution in [1.29, 1.82) is 0 Å². The predicted octanol–water partition coefficient (Wildman–Crippen LogP) is 3.12. The summed E-state index contributed by atoms with van der Waals surface area (Å²) in [6.45, 7) is 1.87. The van der Waals surface area contributed by atoms with Crippen LogP contribution in [0.5, 0.6) is 0 Å². The van der Waals surface area contributed by atoms with Gasteiger partial charge in [0, 0.05) is 18.5 Å². The number of hydrogen-bond donors (Lipinski definition) is 2. The highest BCUT2D eigenvalue weighted by atomic mass is 35.5. The Bertz CT molecular complexity index is 803. The van der Waals surface area contributed by atoms with E-state index in [9.17, 15) is 4.79 Å². The number of H-pyrrole nitrogens is 1. The van der Waals surface area contributed by atoms with Gasteiger partial charge in [0.25, 0.3) is 5.91 Å². The maximum Gasteiger partial charge on any atom is 0.273 e. The van der Waals surface area contributed by atoms with Crippen LogP contribution in [0, 0.1) is 6.92 Å². The third-order valence-electron chi connectivity index (χ3n) is 3.09. The quantitative estimate of drug-likeness (QED) is 0.761. The molecule has 0 radical (unpaired) electrons. The summed E-state index contributed by atoms with van der Waals surface area (Å²) in [4.78, 5) is 15.3. The molecule has 0 aliphatic heterocycles. The van der Waals surface area contributed by atoms with Gasteiger partial charge in [-0.1, -0.05) is 23.7 Å². The minimum absolute atomic E-state index is 0.222. The summed E-state index contributed by atoms with van der Waals surface area (Å²) in [6, 6.07) is 9.13. The molecule has 0 spiro atoms. The molecule has 102 valence electrons. The zero-order valence-corrected chi connectivity index (χ0v) is 11.8. The number of aromatic amines is 1. The predicted molar refractivity (Wildman–Crippen MR) is 79.2 cm³/mol. The second-order valence-corrected chi connectivity index (χ2v) is 5.04. The molecule has 3 rings (SSSR count). The molecule has 2 aromatic heterocycles. The number of hydrogen-bond acceptors (Lipinski definition) is 2. The van der Waals surface area contributed by atoms with Crippen molar-refractivity contribution in [2.24, 2.45) is 7.05 Å². The fourth-order valence-electron chi connectivity index (χ4n) is 2.15. The van der Waals surface area contributed by atoms with Crippen molar-refractivity contribution >= 4 is 34.2 Å².